The van der Waals surface area contributed by atoms with Crippen LogP contribution < -0.4 is 4.35 Å². The summed E-state index contributed by atoms with van der Waals surface area (Å²) in [4.78, 5) is 0. The summed E-state index contributed by atoms with van der Waals surface area (Å²) in [6, 6.07) is 5.76. The van der Waals surface area contributed by atoms with Crippen molar-refractivity contribution in [1.82, 2.24) is 5.01 Å². The van der Waals surface area contributed by atoms with E-state index in [1.807, 2.05) is 0 Å². The average Bonchev–Trinajstić information content (AvgIpc) is 2.14. The summed E-state index contributed by atoms with van der Waals surface area (Å²) < 4.78 is 28.8. The van der Waals surface area contributed by atoms with Crippen LogP contribution in [0, 0.1) is 0 Å². The predicted molar refractivity (Wildman–Crippen MR) is 55.2 cm³/mol. The molecule has 0 saturated heterocycles. The van der Waals surface area contributed by atoms with Crippen molar-refractivity contribution in [2.45, 2.75) is 0 Å². The predicted octanol–water partition coefficient (Wildman–Crippen LogP) is -0.192. The Morgan fingerprint density at radius 3 is 2.13 bits per heavy atom. The van der Waals surface area contributed by atoms with Crippen LogP contribution >= 0.6 is 0 Å². The molecule has 15 heavy (non-hydrogen) atoms. The molecule has 0 bridgehead atoms. The van der Waals surface area contributed by atoms with Crippen LogP contribution in [0.2, 0.25) is 0 Å². The van der Waals surface area contributed by atoms with Gasteiger partial charge >= 0.3 is 89.8 Å². The van der Waals surface area contributed by atoms with Crippen molar-refractivity contribution in [2.75, 3.05) is 14.1 Å². The number of benzene rings is 1. The first-order valence-electron chi connectivity index (χ1n) is 4.15. The fourth-order valence-electron chi connectivity index (χ4n) is 0.855. The molecule has 0 aliphatic rings. The van der Waals surface area contributed by atoms with Crippen molar-refractivity contribution >= 4 is 24.2 Å². The van der Waals surface area contributed by atoms with Crippen LogP contribution in [0.25, 0.3) is 0 Å². The van der Waals surface area contributed by atoms with E-state index in [9.17, 15) is 3.74 Å². The van der Waals surface area contributed by atoms with E-state index in [4.69, 9.17) is 8.19 Å². The Morgan fingerprint density at radius 2 is 1.73 bits per heavy atom. The van der Waals surface area contributed by atoms with Gasteiger partial charge in [-0.25, -0.2) is 0 Å². The summed E-state index contributed by atoms with van der Waals surface area (Å²) in [7, 11) is 3.47. The zero-order valence-electron chi connectivity index (χ0n) is 8.40. The SMILES string of the molecule is CN(C)/N=N/c1ccc([As](=O)(O)O)cc1. The molecule has 7 heteroatoms. The van der Waals surface area contributed by atoms with Crippen LogP contribution in [0.3, 0.4) is 0 Å². The molecule has 0 fully saturated rings. The van der Waals surface area contributed by atoms with Crippen molar-refractivity contribution in [1.29, 1.82) is 0 Å². The van der Waals surface area contributed by atoms with Gasteiger partial charge in [0, 0.05) is 0 Å². The van der Waals surface area contributed by atoms with E-state index in [-0.39, 0.29) is 4.35 Å². The fourth-order valence-corrected chi connectivity index (χ4v) is 1.98. The van der Waals surface area contributed by atoms with E-state index in [1.165, 1.54) is 29.3 Å². The normalized spacial score (nSPS) is 12.0. The van der Waals surface area contributed by atoms with E-state index in [1.54, 1.807) is 14.1 Å². The minimum absolute atomic E-state index is 0.0388. The van der Waals surface area contributed by atoms with Gasteiger partial charge in [-0.3, -0.25) is 0 Å². The first-order chi connectivity index (χ1) is 6.89. The Morgan fingerprint density at radius 1 is 1.20 bits per heavy atom. The molecule has 0 aliphatic heterocycles. The van der Waals surface area contributed by atoms with Crippen LogP contribution in [0.4, 0.5) is 5.69 Å². The second-order valence-electron chi connectivity index (χ2n) is 3.10. The Kier molecular flexibility index (Phi) is 3.68. The molecule has 0 aromatic heterocycles. The monoisotopic (exact) mass is 273 g/mol. The zero-order valence-corrected chi connectivity index (χ0v) is 10.3. The Bertz CT molecular complexity index is 396. The molecule has 1 aromatic rings. The molecule has 0 unspecified atom stereocenters. The molecule has 6 nitrogen and oxygen atoms in total. The molecular weight excluding hydrogens is 261 g/mol. The van der Waals surface area contributed by atoms with Crippen molar-refractivity contribution < 1.29 is 11.9 Å². The van der Waals surface area contributed by atoms with E-state index < -0.39 is 14.2 Å². The van der Waals surface area contributed by atoms with Crippen LogP contribution in [0.5, 0.6) is 0 Å². The van der Waals surface area contributed by atoms with Gasteiger partial charge in [-0.15, -0.1) is 0 Å². The second kappa shape index (κ2) is 4.61. The molecule has 0 atom stereocenters. The molecule has 0 aliphatic carbocycles. The topological polar surface area (TPSA) is 85.5 Å². The average molecular weight is 273 g/mol. The fraction of sp³-hybridized carbons (Fsp3) is 0.250. The number of hydrogen-bond donors (Lipinski definition) is 2. The van der Waals surface area contributed by atoms with Gasteiger partial charge in [-0.05, 0) is 0 Å². The summed E-state index contributed by atoms with van der Waals surface area (Å²) in [5.41, 5.74) is 0.552. The quantitative estimate of drug-likeness (QED) is 0.454. The summed E-state index contributed by atoms with van der Waals surface area (Å²) in [5, 5.41) is 9.12. The van der Waals surface area contributed by atoms with E-state index >= 15 is 0 Å². The van der Waals surface area contributed by atoms with Gasteiger partial charge in [0.05, 0.1) is 0 Å². The Balaban J connectivity index is 2.86. The third-order valence-corrected chi connectivity index (χ3v) is 3.56. The molecule has 2 N–H and O–H groups in total. The molecule has 0 radical (unpaired) electrons. The molecule has 1 aromatic carbocycles. The van der Waals surface area contributed by atoms with Gasteiger partial charge in [0.1, 0.15) is 0 Å². The molecule has 0 amide bonds. The van der Waals surface area contributed by atoms with Gasteiger partial charge in [-0.2, -0.15) is 0 Å². The third kappa shape index (κ3) is 3.87. The van der Waals surface area contributed by atoms with Crippen molar-refractivity contribution in [3.63, 3.8) is 0 Å². The third-order valence-electron chi connectivity index (χ3n) is 1.53. The van der Waals surface area contributed by atoms with Gasteiger partial charge in [0.15, 0.2) is 0 Å². The number of rotatable bonds is 3. The van der Waals surface area contributed by atoms with Crippen LogP contribution in [0.15, 0.2) is 34.6 Å². The number of hydrogen-bond acceptors (Lipinski definition) is 3. The first-order valence-corrected chi connectivity index (χ1v) is 7.53. The first kappa shape index (κ1) is 12.0. The summed E-state index contributed by atoms with van der Waals surface area (Å²) in [6.07, 6.45) is 0. The standard InChI is InChI=1S/C8H12AsN3O3/c1-12(2)11-10-8-5-3-7(4-6-8)9(13,14)15/h3-6H,1-2H3,(H2,13,14,15)/b11-10+. The van der Waals surface area contributed by atoms with Crippen LogP contribution in [-0.2, 0) is 3.74 Å². The maximum absolute atomic E-state index is 10.9. The molecule has 0 spiro atoms. The van der Waals surface area contributed by atoms with E-state index in [2.05, 4.69) is 10.3 Å². The zero-order chi connectivity index (χ0) is 11.5. The van der Waals surface area contributed by atoms with Crippen LogP contribution in [-0.4, -0.2) is 41.5 Å². The second-order valence-corrected chi connectivity index (χ2v) is 6.46. The van der Waals surface area contributed by atoms with Crippen molar-refractivity contribution in [3.05, 3.63) is 24.3 Å². The number of nitrogens with zero attached hydrogens (tertiary/aromatic N) is 3. The van der Waals surface area contributed by atoms with E-state index in [0.717, 1.165) is 0 Å². The van der Waals surface area contributed by atoms with E-state index in [0.29, 0.717) is 5.69 Å². The van der Waals surface area contributed by atoms with Gasteiger partial charge in [0.2, 0.25) is 0 Å². The Hall–Kier alpha value is -1.10. The molecule has 1 rings (SSSR count). The Labute approximate surface area is 90.2 Å². The van der Waals surface area contributed by atoms with Crippen molar-refractivity contribution in [2.24, 2.45) is 10.3 Å². The maximum atomic E-state index is 10.9. The minimum atomic E-state index is -4.76. The van der Waals surface area contributed by atoms with Gasteiger partial charge in [-0.1, -0.05) is 0 Å². The molecule has 0 saturated carbocycles. The van der Waals surface area contributed by atoms with Crippen molar-refractivity contribution in [3.8, 4) is 0 Å². The molecule has 0 heterocycles. The summed E-state index contributed by atoms with van der Waals surface area (Å²) in [5.74, 6) is 0. The van der Waals surface area contributed by atoms with Gasteiger partial charge in [0.25, 0.3) is 0 Å². The van der Waals surface area contributed by atoms with Crippen LogP contribution in [0.1, 0.15) is 0 Å². The summed E-state index contributed by atoms with van der Waals surface area (Å²) in [6.45, 7) is 0. The summed E-state index contributed by atoms with van der Waals surface area (Å²) >= 11 is -4.76. The van der Waals surface area contributed by atoms with Gasteiger partial charge < -0.3 is 0 Å². The molecule has 82 valence electrons. The molecular formula is C8H12AsN3O3.